The number of ether oxygens (including phenoxy) is 1. The van der Waals surface area contributed by atoms with Crippen LogP contribution in [-0.2, 0) is 26.2 Å². The Labute approximate surface area is 198 Å². The van der Waals surface area contributed by atoms with E-state index in [0.29, 0.717) is 17.2 Å². The largest absolute Gasteiger partial charge is 0.477 e. The first-order valence-electron chi connectivity index (χ1n) is 10.7. The first kappa shape index (κ1) is 23.5. The van der Waals surface area contributed by atoms with Crippen LogP contribution in [0.3, 0.4) is 0 Å². The van der Waals surface area contributed by atoms with Gasteiger partial charge in [0.15, 0.2) is 6.10 Å². The van der Waals surface area contributed by atoms with Crippen molar-refractivity contribution >= 4 is 27.5 Å². The summed E-state index contributed by atoms with van der Waals surface area (Å²) >= 11 is 0. The zero-order chi connectivity index (χ0) is 24.3. The van der Waals surface area contributed by atoms with Gasteiger partial charge in [-0.2, -0.15) is 4.31 Å². The van der Waals surface area contributed by atoms with Crippen LogP contribution in [0.15, 0.2) is 76.2 Å². The molecule has 1 N–H and O–H groups in total. The molecule has 1 aromatic heterocycles. The number of fused-ring (bicyclic) bond motifs is 1. The SMILES string of the molecule is CNC(=O)[C@@H]1CN(C(=O)CN(Cc2ccco2)S(=O)(=O)c2ccc(C)cc2)c2ccccc2O1. The van der Waals surface area contributed by atoms with Gasteiger partial charge in [-0.3, -0.25) is 9.59 Å². The second-order valence-electron chi connectivity index (χ2n) is 7.86. The molecule has 0 unspecified atom stereocenters. The third-order valence-electron chi connectivity index (χ3n) is 5.50. The minimum Gasteiger partial charge on any atom is -0.477 e. The number of rotatable bonds is 7. The van der Waals surface area contributed by atoms with E-state index in [9.17, 15) is 18.0 Å². The van der Waals surface area contributed by atoms with Gasteiger partial charge in [0.1, 0.15) is 11.5 Å². The van der Waals surface area contributed by atoms with E-state index in [0.717, 1.165) is 9.87 Å². The van der Waals surface area contributed by atoms with Crippen molar-refractivity contribution < 1.29 is 27.2 Å². The van der Waals surface area contributed by atoms with Gasteiger partial charge >= 0.3 is 0 Å². The average Bonchev–Trinajstić information content (AvgIpc) is 3.36. The van der Waals surface area contributed by atoms with Crippen LogP contribution in [0.5, 0.6) is 5.75 Å². The molecule has 4 rings (SSSR count). The zero-order valence-electron chi connectivity index (χ0n) is 18.8. The number of aryl methyl sites for hydroxylation is 1. The highest BCUT2D eigenvalue weighted by atomic mass is 32.2. The minimum atomic E-state index is -4.02. The van der Waals surface area contributed by atoms with Crippen LogP contribution in [0.1, 0.15) is 11.3 Å². The molecule has 178 valence electrons. The van der Waals surface area contributed by atoms with E-state index in [2.05, 4.69) is 5.32 Å². The van der Waals surface area contributed by atoms with Crippen molar-refractivity contribution in [1.29, 1.82) is 0 Å². The number of para-hydroxylation sites is 2. The average molecular weight is 484 g/mol. The molecule has 0 saturated heterocycles. The van der Waals surface area contributed by atoms with Crippen LogP contribution in [-0.4, -0.2) is 50.8 Å². The molecule has 1 aliphatic rings. The summed E-state index contributed by atoms with van der Waals surface area (Å²) in [4.78, 5) is 27.2. The van der Waals surface area contributed by atoms with E-state index in [1.165, 1.54) is 30.3 Å². The van der Waals surface area contributed by atoms with Gasteiger partial charge in [0.25, 0.3) is 5.91 Å². The predicted molar refractivity (Wildman–Crippen MR) is 125 cm³/mol. The lowest BCUT2D eigenvalue weighted by Crippen LogP contribution is -2.52. The smallest absolute Gasteiger partial charge is 0.262 e. The van der Waals surface area contributed by atoms with Crippen LogP contribution in [0.25, 0.3) is 0 Å². The molecule has 10 heteroatoms. The maximum atomic E-state index is 13.5. The maximum absolute atomic E-state index is 13.5. The number of amides is 2. The van der Waals surface area contributed by atoms with Crippen LogP contribution >= 0.6 is 0 Å². The molecule has 0 aliphatic carbocycles. The fourth-order valence-corrected chi connectivity index (χ4v) is 5.02. The summed E-state index contributed by atoms with van der Waals surface area (Å²) in [6, 6.07) is 16.6. The minimum absolute atomic E-state index is 0.0469. The normalized spacial score (nSPS) is 15.5. The Hall–Kier alpha value is -3.63. The van der Waals surface area contributed by atoms with Gasteiger partial charge in [0.2, 0.25) is 15.9 Å². The number of sulfonamides is 1. The van der Waals surface area contributed by atoms with E-state index < -0.39 is 28.6 Å². The Morgan fingerprint density at radius 2 is 1.82 bits per heavy atom. The molecular weight excluding hydrogens is 458 g/mol. The lowest BCUT2D eigenvalue weighted by molar-refractivity contribution is -0.128. The molecule has 34 heavy (non-hydrogen) atoms. The Bertz CT molecular complexity index is 1270. The van der Waals surface area contributed by atoms with Crippen LogP contribution in [0.2, 0.25) is 0 Å². The van der Waals surface area contributed by atoms with Crippen LogP contribution in [0, 0.1) is 6.92 Å². The number of nitrogens with zero attached hydrogens (tertiary/aromatic N) is 2. The Morgan fingerprint density at radius 3 is 2.50 bits per heavy atom. The first-order chi connectivity index (χ1) is 16.3. The molecule has 2 amide bonds. The number of hydrogen-bond acceptors (Lipinski definition) is 6. The molecule has 0 fully saturated rings. The second kappa shape index (κ2) is 9.70. The third-order valence-corrected chi connectivity index (χ3v) is 7.30. The summed E-state index contributed by atoms with van der Waals surface area (Å²) in [7, 11) is -2.54. The van der Waals surface area contributed by atoms with E-state index in [1.807, 2.05) is 6.92 Å². The van der Waals surface area contributed by atoms with Crippen molar-refractivity contribution in [2.24, 2.45) is 0 Å². The number of carbonyl (C=O) groups is 2. The second-order valence-corrected chi connectivity index (χ2v) is 9.80. The molecule has 0 spiro atoms. The molecule has 2 aromatic carbocycles. The molecule has 0 saturated carbocycles. The fraction of sp³-hybridized carbons (Fsp3) is 0.250. The Balaban J connectivity index is 1.66. The van der Waals surface area contributed by atoms with E-state index in [1.54, 1.807) is 48.5 Å². The quantitative estimate of drug-likeness (QED) is 0.553. The van der Waals surface area contributed by atoms with Crippen LogP contribution < -0.4 is 15.0 Å². The standard InChI is InChI=1S/C24H25N3O6S/c1-17-9-11-19(12-10-17)34(30,31)26(14-18-6-5-13-32-18)16-23(28)27-15-22(24(29)25-2)33-21-8-4-3-7-20(21)27/h3-13,22H,14-16H2,1-2H3,(H,25,29)/t22-/m0/s1. The van der Waals surface area contributed by atoms with Crippen molar-refractivity contribution in [2.45, 2.75) is 24.5 Å². The summed E-state index contributed by atoms with van der Waals surface area (Å²) in [6.45, 7) is 1.24. The van der Waals surface area contributed by atoms with Gasteiger partial charge in [0, 0.05) is 7.05 Å². The molecule has 1 atom stereocenters. The van der Waals surface area contributed by atoms with Gasteiger partial charge in [-0.25, -0.2) is 8.42 Å². The first-order valence-corrected chi connectivity index (χ1v) is 12.1. The fourth-order valence-electron chi connectivity index (χ4n) is 3.67. The number of carbonyl (C=O) groups excluding carboxylic acids is 2. The highest BCUT2D eigenvalue weighted by Crippen LogP contribution is 2.33. The molecule has 1 aliphatic heterocycles. The number of furan rings is 1. The molecule has 3 aromatic rings. The molecule has 0 bridgehead atoms. The number of anilines is 1. The highest BCUT2D eigenvalue weighted by molar-refractivity contribution is 7.89. The summed E-state index contributed by atoms with van der Waals surface area (Å²) in [5.41, 5.74) is 1.39. The number of likely N-dealkylation sites (N-methyl/N-ethyl adjacent to an activating group) is 1. The number of hydrogen-bond donors (Lipinski definition) is 1. The predicted octanol–water partition coefficient (Wildman–Crippen LogP) is 2.32. The lowest BCUT2D eigenvalue weighted by atomic mass is 10.1. The summed E-state index contributed by atoms with van der Waals surface area (Å²) < 4.78 is 39.1. The summed E-state index contributed by atoms with van der Waals surface area (Å²) in [5, 5.41) is 2.53. The summed E-state index contributed by atoms with van der Waals surface area (Å²) in [6.07, 6.45) is 0.524. The van der Waals surface area contributed by atoms with E-state index >= 15 is 0 Å². The zero-order valence-corrected chi connectivity index (χ0v) is 19.6. The van der Waals surface area contributed by atoms with Crippen molar-refractivity contribution in [1.82, 2.24) is 9.62 Å². The number of benzene rings is 2. The molecular formula is C24H25N3O6S. The van der Waals surface area contributed by atoms with Gasteiger partial charge in [0.05, 0.1) is 36.5 Å². The van der Waals surface area contributed by atoms with Crippen molar-refractivity contribution in [3.63, 3.8) is 0 Å². The van der Waals surface area contributed by atoms with Gasteiger partial charge in [-0.1, -0.05) is 29.8 Å². The Kier molecular flexibility index (Phi) is 6.71. The lowest BCUT2D eigenvalue weighted by Gasteiger charge is -2.35. The van der Waals surface area contributed by atoms with E-state index in [-0.39, 0.29) is 23.9 Å². The van der Waals surface area contributed by atoms with Crippen molar-refractivity contribution in [2.75, 3.05) is 25.0 Å². The topological polar surface area (TPSA) is 109 Å². The monoisotopic (exact) mass is 483 g/mol. The molecule has 9 nitrogen and oxygen atoms in total. The van der Waals surface area contributed by atoms with Gasteiger partial charge in [-0.05, 0) is 43.3 Å². The maximum Gasteiger partial charge on any atom is 0.262 e. The van der Waals surface area contributed by atoms with Gasteiger partial charge in [-0.15, -0.1) is 0 Å². The highest BCUT2D eigenvalue weighted by Gasteiger charge is 2.36. The molecule has 2 heterocycles. The summed E-state index contributed by atoms with van der Waals surface area (Å²) in [5.74, 6) is -0.109. The van der Waals surface area contributed by atoms with Gasteiger partial charge < -0.3 is 19.4 Å². The van der Waals surface area contributed by atoms with Crippen LogP contribution in [0.4, 0.5) is 5.69 Å². The van der Waals surface area contributed by atoms with Crippen molar-refractivity contribution in [3.05, 3.63) is 78.3 Å². The van der Waals surface area contributed by atoms with E-state index in [4.69, 9.17) is 9.15 Å². The third kappa shape index (κ3) is 4.82. The Morgan fingerprint density at radius 1 is 1.09 bits per heavy atom. The molecule has 0 radical (unpaired) electrons. The van der Waals surface area contributed by atoms with Crippen molar-refractivity contribution in [3.8, 4) is 5.75 Å². The number of nitrogens with one attached hydrogen (secondary N) is 1.